The topological polar surface area (TPSA) is 73.4 Å². The maximum absolute atomic E-state index is 12.8. The summed E-state index contributed by atoms with van der Waals surface area (Å²) in [6.07, 6.45) is 4.85. The summed E-state index contributed by atoms with van der Waals surface area (Å²) in [5.41, 5.74) is 1.59. The highest BCUT2D eigenvalue weighted by Gasteiger charge is 2.46. The first-order chi connectivity index (χ1) is 14.3. The van der Waals surface area contributed by atoms with Gasteiger partial charge in [0.25, 0.3) is 0 Å². The summed E-state index contributed by atoms with van der Waals surface area (Å²) in [5.74, 6) is 1.73. The average molecular weight is 409 g/mol. The lowest BCUT2D eigenvalue weighted by Crippen LogP contribution is -2.55. The minimum atomic E-state index is -0.505. The second-order valence-electron chi connectivity index (χ2n) is 9.61. The number of rotatable bonds is 2. The van der Waals surface area contributed by atoms with Gasteiger partial charge in [-0.1, -0.05) is 23.4 Å². The molecule has 4 heterocycles. The third kappa shape index (κ3) is 3.26. The Balaban J connectivity index is 1.44. The predicted molar refractivity (Wildman–Crippen MR) is 113 cm³/mol. The van der Waals surface area contributed by atoms with Gasteiger partial charge in [-0.25, -0.2) is 4.79 Å². The van der Waals surface area contributed by atoms with E-state index in [4.69, 9.17) is 14.2 Å². The number of hydrogen-bond acceptors (Lipinski definition) is 5. The van der Waals surface area contributed by atoms with Crippen LogP contribution in [0.25, 0.3) is 22.3 Å². The van der Waals surface area contributed by atoms with Crippen LogP contribution in [-0.4, -0.2) is 43.9 Å². The fraction of sp³-hybridized carbons (Fsp3) is 0.522. The molecule has 2 aliphatic heterocycles. The van der Waals surface area contributed by atoms with Gasteiger partial charge in [-0.3, -0.25) is 0 Å². The number of hydrogen-bond donors (Lipinski definition) is 0. The highest BCUT2D eigenvalue weighted by atomic mass is 16.6. The molecule has 3 aromatic rings. The molecule has 3 fully saturated rings. The minimum absolute atomic E-state index is 0.0469. The number of piperidine rings is 2. The summed E-state index contributed by atoms with van der Waals surface area (Å²) in [4.78, 5) is 19.5. The number of para-hydroxylation sites is 1. The molecule has 3 atom stereocenters. The zero-order chi connectivity index (χ0) is 21.0. The number of fused-ring (bicyclic) bond motifs is 4. The van der Waals surface area contributed by atoms with E-state index < -0.39 is 5.60 Å². The minimum Gasteiger partial charge on any atom is -0.444 e. The van der Waals surface area contributed by atoms with E-state index in [1.807, 2.05) is 51.0 Å². The van der Waals surface area contributed by atoms with Crippen LogP contribution in [0.3, 0.4) is 0 Å². The Hall–Kier alpha value is -2.83. The fourth-order valence-electron chi connectivity index (χ4n) is 5.01. The van der Waals surface area contributed by atoms with Crippen molar-refractivity contribution in [3.63, 3.8) is 0 Å². The lowest BCUT2D eigenvalue weighted by atomic mass is 9.73. The summed E-state index contributed by atoms with van der Waals surface area (Å²) in [7, 11) is 2.02. The van der Waals surface area contributed by atoms with Gasteiger partial charge in [0.05, 0.1) is 5.92 Å². The summed E-state index contributed by atoms with van der Waals surface area (Å²) in [6.45, 7) is 6.46. The highest BCUT2D eigenvalue weighted by Crippen LogP contribution is 2.44. The number of aromatic nitrogens is 3. The van der Waals surface area contributed by atoms with Crippen LogP contribution in [-0.2, 0) is 11.8 Å². The smallest absolute Gasteiger partial charge is 0.410 e. The Labute approximate surface area is 176 Å². The monoisotopic (exact) mass is 408 g/mol. The van der Waals surface area contributed by atoms with Crippen LogP contribution >= 0.6 is 0 Å². The Morgan fingerprint density at radius 3 is 2.80 bits per heavy atom. The first-order valence-electron chi connectivity index (χ1n) is 10.7. The number of benzene rings is 1. The Bertz CT molecular complexity index is 1090. The molecular formula is C23H28N4O3. The molecule has 2 bridgehead atoms. The van der Waals surface area contributed by atoms with Crippen LogP contribution < -0.4 is 0 Å². The second kappa shape index (κ2) is 6.86. The maximum Gasteiger partial charge on any atom is 0.410 e. The predicted octanol–water partition coefficient (Wildman–Crippen LogP) is 4.73. The standard InChI is InChI=1S/C23H28N4O3/c1-23(2,3)29-22(28)27-12-14-9-10-19(27)16(11-14)21-24-20(25-30-21)17-13-26(4)18-8-6-5-7-15(17)18/h5-8,13-14,16,19H,9-12H2,1-4H3. The molecule has 7 nitrogen and oxygen atoms in total. The molecule has 7 heteroatoms. The molecule has 30 heavy (non-hydrogen) atoms. The zero-order valence-corrected chi connectivity index (χ0v) is 18.0. The van der Waals surface area contributed by atoms with Crippen molar-refractivity contribution in [2.45, 2.75) is 57.6 Å². The largest absolute Gasteiger partial charge is 0.444 e. The van der Waals surface area contributed by atoms with Gasteiger partial charge in [-0.05, 0) is 52.0 Å². The second-order valence-corrected chi connectivity index (χ2v) is 9.61. The first-order valence-corrected chi connectivity index (χ1v) is 10.7. The van der Waals surface area contributed by atoms with Crippen molar-refractivity contribution in [2.24, 2.45) is 13.0 Å². The summed E-state index contributed by atoms with van der Waals surface area (Å²) < 4.78 is 13.5. The molecular weight excluding hydrogens is 380 g/mol. The van der Waals surface area contributed by atoms with Crippen molar-refractivity contribution in [2.75, 3.05) is 6.54 Å². The van der Waals surface area contributed by atoms with E-state index in [-0.39, 0.29) is 18.1 Å². The molecule has 6 rings (SSSR count). The van der Waals surface area contributed by atoms with Crippen molar-refractivity contribution in [1.82, 2.24) is 19.6 Å². The molecule has 1 aliphatic carbocycles. The lowest BCUT2D eigenvalue weighted by Gasteiger charge is -2.48. The van der Waals surface area contributed by atoms with E-state index in [2.05, 4.69) is 21.9 Å². The summed E-state index contributed by atoms with van der Waals surface area (Å²) in [6, 6.07) is 8.25. The molecule has 0 N–H and O–H groups in total. The van der Waals surface area contributed by atoms with Crippen LogP contribution in [0.4, 0.5) is 4.79 Å². The number of carbonyl (C=O) groups excluding carboxylic acids is 1. The summed E-state index contributed by atoms with van der Waals surface area (Å²) >= 11 is 0. The third-order valence-electron chi connectivity index (χ3n) is 6.30. The molecule has 0 spiro atoms. The van der Waals surface area contributed by atoms with Gasteiger partial charge in [0, 0.05) is 42.3 Å². The van der Waals surface area contributed by atoms with E-state index in [1.165, 1.54) is 0 Å². The first kappa shape index (κ1) is 19.2. The Morgan fingerprint density at radius 2 is 2.03 bits per heavy atom. The van der Waals surface area contributed by atoms with Gasteiger partial charge in [0.15, 0.2) is 0 Å². The average Bonchev–Trinajstić information content (AvgIpc) is 3.32. The Kier molecular flexibility index (Phi) is 4.38. The van der Waals surface area contributed by atoms with Crippen molar-refractivity contribution >= 4 is 17.0 Å². The van der Waals surface area contributed by atoms with Gasteiger partial charge in [-0.2, -0.15) is 4.98 Å². The number of ether oxygens (including phenoxy) is 1. The SMILES string of the molecule is Cn1cc(-c2noc(C3CC4CCC3N(C(=O)OC(C)(C)C)C4)n2)c2ccccc21. The van der Waals surface area contributed by atoms with E-state index in [0.29, 0.717) is 17.6 Å². The van der Waals surface area contributed by atoms with Gasteiger partial charge in [-0.15, -0.1) is 0 Å². The molecule has 1 aromatic carbocycles. The maximum atomic E-state index is 12.8. The van der Waals surface area contributed by atoms with Crippen LogP contribution in [0.15, 0.2) is 35.0 Å². The number of amides is 1. The number of nitrogens with zero attached hydrogens (tertiary/aromatic N) is 4. The van der Waals surface area contributed by atoms with Gasteiger partial charge >= 0.3 is 6.09 Å². The van der Waals surface area contributed by atoms with Crippen molar-refractivity contribution in [3.8, 4) is 11.4 Å². The van der Waals surface area contributed by atoms with Crippen LogP contribution in [0.2, 0.25) is 0 Å². The van der Waals surface area contributed by atoms with E-state index in [0.717, 1.165) is 42.3 Å². The molecule has 158 valence electrons. The fourth-order valence-corrected chi connectivity index (χ4v) is 5.01. The quantitative estimate of drug-likeness (QED) is 0.613. The van der Waals surface area contributed by atoms with Crippen LogP contribution in [0.5, 0.6) is 0 Å². The van der Waals surface area contributed by atoms with Gasteiger partial charge in [0.1, 0.15) is 5.60 Å². The normalized spacial score (nSPS) is 23.9. The van der Waals surface area contributed by atoms with Crippen molar-refractivity contribution in [1.29, 1.82) is 0 Å². The molecule has 0 radical (unpaired) electrons. The molecule has 1 saturated carbocycles. The molecule has 2 aromatic heterocycles. The van der Waals surface area contributed by atoms with E-state index in [1.54, 1.807) is 0 Å². The molecule has 3 aliphatic rings. The third-order valence-corrected chi connectivity index (χ3v) is 6.30. The van der Waals surface area contributed by atoms with Crippen molar-refractivity contribution < 1.29 is 14.1 Å². The highest BCUT2D eigenvalue weighted by molar-refractivity contribution is 5.94. The van der Waals surface area contributed by atoms with Gasteiger partial charge in [0.2, 0.25) is 11.7 Å². The zero-order valence-electron chi connectivity index (χ0n) is 18.0. The van der Waals surface area contributed by atoms with Gasteiger partial charge < -0.3 is 18.7 Å². The Morgan fingerprint density at radius 1 is 1.23 bits per heavy atom. The van der Waals surface area contributed by atoms with E-state index in [9.17, 15) is 4.79 Å². The molecule has 2 saturated heterocycles. The van der Waals surface area contributed by atoms with Crippen molar-refractivity contribution in [3.05, 3.63) is 36.4 Å². The number of carbonyl (C=O) groups is 1. The number of aryl methyl sites for hydroxylation is 1. The lowest BCUT2D eigenvalue weighted by molar-refractivity contribution is -0.0226. The van der Waals surface area contributed by atoms with Crippen LogP contribution in [0.1, 0.15) is 51.8 Å². The van der Waals surface area contributed by atoms with E-state index >= 15 is 0 Å². The molecule has 3 unspecified atom stereocenters. The molecule has 1 amide bonds. The summed E-state index contributed by atoms with van der Waals surface area (Å²) in [5, 5.41) is 5.41. The van der Waals surface area contributed by atoms with Crippen LogP contribution in [0, 0.1) is 5.92 Å².